The number of benzene rings is 1. The highest BCUT2D eigenvalue weighted by Crippen LogP contribution is 2.22. The van der Waals surface area contributed by atoms with E-state index in [9.17, 15) is 0 Å². The van der Waals surface area contributed by atoms with Gasteiger partial charge in [-0.25, -0.2) is 0 Å². The molecule has 0 radical (unpaired) electrons. The first-order valence-corrected chi connectivity index (χ1v) is 6.77. The SMILES string of the molecule is CCCNC(=NC)NCc1cc(Br)ccc1OC. The molecule has 0 spiro atoms. The summed E-state index contributed by atoms with van der Waals surface area (Å²) >= 11 is 3.46. The quantitative estimate of drug-likeness (QED) is 0.648. The number of methoxy groups -OCH3 is 1. The van der Waals surface area contributed by atoms with Crippen LogP contribution in [0.15, 0.2) is 27.7 Å². The van der Waals surface area contributed by atoms with Gasteiger partial charge in [0.1, 0.15) is 5.75 Å². The molecule has 0 aliphatic carbocycles. The second-order valence-electron chi connectivity index (χ2n) is 3.81. The zero-order chi connectivity index (χ0) is 13.4. The predicted molar refractivity (Wildman–Crippen MR) is 79.2 cm³/mol. The van der Waals surface area contributed by atoms with Crippen molar-refractivity contribution in [3.8, 4) is 5.75 Å². The highest BCUT2D eigenvalue weighted by Gasteiger charge is 2.04. The fourth-order valence-corrected chi connectivity index (χ4v) is 1.94. The number of halogens is 1. The van der Waals surface area contributed by atoms with Crippen molar-refractivity contribution in [1.82, 2.24) is 10.6 Å². The van der Waals surface area contributed by atoms with Gasteiger partial charge in [0.05, 0.1) is 7.11 Å². The molecule has 2 N–H and O–H groups in total. The third-order valence-electron chi connectivity index (χ3n) is 2.45. The van der Waals surface area contributed by atoms with Gasteiger partial charge in [0, 0.05) is 30.2 Å². The van der Waals surface area contributed by atoms with Crippen LogP contribution in [0.2, 0.25) is 0 Å². The Bertz CT molecular complexity index is 407. The van der Waals surface area contributed by atoms with Crippen LogP contribution >= 0.6 is 15.9 Å². The Labute approximate surface area is 117 Å². The largest absolute Gasteiger partial charge is 0.496 e. The predicted octanol–water partition coefficient (Wildman–Crippen LogP) is 2.53. The highest BCUT2D eigenvalue weighted by atomic mass is 79.9. The Balaban J connectivity index is 2.64. The van der Waals surface area contributed by atoms with E-state index in [4.69, 9.17) is 4.74 Å². The number of hydrogen-bond donors (Lipinski definition) is 2. The topological polar surface area (TPSA) is 45.7 Å². The first kappa shape index (κ1) is 14.8. The lowest BCUT2D eigenvalue weighted by atomic mass is 10.2. The average Bonchev–Trinajstić information content (AvgIpc) is 2.39. The molecule has 0 unspecified atom stereocenters. The summed E-state index contributed by atoms with van der Waals surface area (Å²) in [5, 5.41) is 6.49. The minimum absolute atomic E-state index is 0.673. The van der Waals surface area contributed by atoms with E-state index in [0.717, 1.165) is 34.7 Å². The maximum Gasteiger partial charge on any atom is 0.191 e. The Morgan fingerprint density at radius 2 is 2.17 bits per heavy atom. The Morgan fingerprint density at radius 3 is 2.78 bits per heavy atom. The summed E-state index contributed by atoms with van der Waals surface area (Å²) in [6.45, 7) is 3.71. The van der Waals surface area contributed by atoms with E-state index in [2.05, 4.69) is 38.5 Å². The lowest BCUT2D eigenvalue weighted by molar-refractivity contribution is 0.409. The molecule has 1 rings (SSSR count). The minimum Gasteiger partial charge on any atom is -0.496 e. The van der Waals surface area contributed by atoms with Crippen molar-refractivity contribution >= 4 is 21.9 Å². The van der Waals surface area contributed by atoms with Gasteiger partial charge in [-0.15, -0.1) is 0 Å². The molecule has 0 heterocycles. The molecule has 18 heavy (non-hydrogen) atoms. The maximum atomic E-state index is 5.33. The van der Waals surface area contributed by atoms with Gasteiger partial charge < -0.3 is 15.4 Å². The third-order valence-corrected chi connectivity index (χ3v) is 2.95. The van der Waals surface area contributed by atoms with E-state index in [-0.39, 0.29) is 0 Å². The van der Waals surface area contributed by atoms with Crippen LogP contribution < -0.4 is 15.4 Å². The molecule has 0 aromatic heterocycles. The zero-order valence-electron chi connectivity index (χ0n) is 11.1. The van der Waals surface area contributed by atoms with Gasteiger partial charge >= 0.3 is 0 Å². The molecule has 0 bridgehead atoms. The van der Waals surface area contributed by atoms with Crippen molar-refractivity contribution in [2.24, 2.45) is 4.99 Å². The molecule has 0 fully saturated rings. The summed E-state index contributed by atoms with van der Waals surface area (Å²) in [5.41, 5.74) is 1.09. The molecule has 100 valence electrons. The van der Waals surface area contributed by atoms with Crippen LogP contribution in [0.5, 0.6) is 5.75 Å². The number of ether oxygens (including phenoxy) is 1. The molecule has 4 nitrogen and oxygen atoms in total. The van der Waals surface area contributed by atoms with Crippen molar-refractivity contribution in [3.63, 3.8) is 0 Å². The molecule has 0 amide bonds. The molecule has 1 aromatic carbocycles. The Morgan fingerprint density at radius 1 is 1.39 bits per heavy atom. The van der Waals surface area contributed by atoms with Gasteiger partial charge in [-0.1, -0.05) is 22.9 Å². The van der Waals surface area contributed by atoms with Crippen LogP contribution in [0, 0.1) is 0 Å². The summed E-state index contributed by atoms with van der Waals surface area (Å²) in [4.78, 5) is 4.16. The number of nitrogens with zero attached hydrogens (tertiary/aromatic N) is 1. The average molecular weight is 314 g/mol. The fourth-order valence-electron chi connectivity index (χ4n) is 1.53. The van der Waals surface area contributed by atoms with Crippen molar-refractivity contribution < 1.29 is 4.74 Å². The van der Waals surface area contributed by atoms with Gasteiger partial charge in [-0.05, 0) is 24.6 Å². The van der Waals surface area contributed by atoms with E-state index in [0.29, 0.717) is 6.54 Å². The van der Waals surface area contributed by atoms with Crippen LogP contribution in [0.3, 0.4) is 0 Å². The van der Waals surface area contributed by atoms with Crippen molar-refractivity contribution in [2.75, 3.05) is 20.7 Å². The molecular formula is C13H20BrN3O. The smallest absolute Gasteiger partial charge is 0.191 e. The molecule has 5 heteroatoms. The number of guanidine groups is 1. The van der Waals surface area contributed by atoms with E-state index in [1.807, 2.05) is 18.2 Å². The van der Waals surface area contributed by atoms with Crippen LogP contribution in [-0.2, 0) is 6.54 Å². The minimum atomic E-state index is 0.673. The number of hydrogen-bond acceptors (Lipinski definition) is 2. The third kappa shape index (κ3) is 4.56. The van der Waals surface area contributed by atoms with Gasteiger partial charge in [-0.2, -0.15) is 0 Å². The summed E-state index contributed by atoms with van der Waals surface area (Å²) in [7, 11) is 3.44. The number of aliphatic imine (C=N–C) groups is 1. The molecule has 0 saturated carbocycles. The maximum absolute atomic E-state index is 5.33. The van der Waals surface area contributed by atoms with E-state index in [1.54, 1.807) is 14.2 Å². The first-order valence-electron chi connectivity index (χ1n) is 5.98. The van der Waals surface area contributed by atoms with Gasteiger partial charge in [0.2, 0.25) is 0 Å². The molecule has 0 aliphatic heterocycles. The molecule has 0 aliphatic rings. The monoisotopic (exact) mass is 313 g/mol. The summed E-state index contributed by atoms with van der Waals surface area (Å²) in [6, 6.07) is 5.95. The zero-order valence-corrected chi connectivity index (χ0v) is 12.7. The molecule has 1 aromatic rings. The molecule has 0 atom stereocenters. The summed E-state index contributed by atoms with van der Waals surface area (Å²) in [5.74, 6) is 1.68. The van der Waals surface area contributed by atoms with Crippen LogP contribution in [0.25, 0.3) is 0 Å². The fraction of sp³-hybridized carbons (Fsp3) is 0.462. The number of nitrogens with one attached hydrogen (secondary N) is 2. The standard InChI is InChI=1S/C13H20BrN3O/c1-4-7-16-13(15-2)17-9-10-8-11(14)5-6-12(10)18-3/h5-6,8H,4,7,9H2,1-3H3,(H2,15,16,17). The second-order valence-corrected chi connectivity index (χ2v) is 4.72. The molecule has 0 saturated heterocycles. The van der Waals surface area contributed by atoms with Gasteiger partial charge in [0.25, 0.3) is 0 Å². The van der Waals surface area contributed by atoms with E-state index in [1.165, 1.54) is 0 Å². The van der Waals surface area contributed by atoms with Crippen LogP contribution in [0.1, 0.15) is 18.9 Å². The first-order chi connectivity index (χ1) is 8.71. The van der Waals surface area contributed by atoms with Crippen LogP contribution in [-0.4, -0.2) is 26.7 Å². The lowest BCUT2D eigenvalue weighted by Crippen LogP contribution is -2.37. The van der Waals surface area contributed by atoms with Crippen LogP contribution in [0.4, 0.5) is 0 Å². The van der Waals surface area contributed by atoms with Crippen molar-refractivity contribution in [2.45, 2.75) is 19.9 Å². The van der Waals surface area contributed by atoms with Gasteiger partial charge in [-0.3, -0.25) is 4.99 Å². The molecular weight excluding hydrogens is 294 g/mol. The number of rotatable bonds is 5. The van der Waals surface area contributed by atoms with Gasteiger partial charge in [0.15, 0.2) is 5.96 Å². The lowest BCUT2D eigenvalue weighted by Gasteiger charge is -2.13. The van der Waals surface area contributed by atoms with Crippen molar-refractivity contribution in [3.05, 3.63) is 28.2 Å². The second kappa shape index (κ2) is 7.97. The highest BCUT2D eigenvalue weighted by molar-refractivity contribution is 9.10. The van der Waals surface area contributed by atoms with Crippen molar-refractivity contribution in [1.29, 1.82) is 0 Å². The Kier molecular flexibility index (Phi) is 6.57. The summed E-state index contributed by atoms with van der Waals surface area (Å²) < 4.78 is 6.36. The van der Waals surface area contributed by atoms with E-state index < -0.39 is 0 Å². The Hall–Kier alpha value is -1.23. The summed E-state index contributed by atoms with van der Waals surface area (Å²) in [6.07, 6.45) is 1.07. The normalized spacial score (nSPS) is 11.2. The van der Waals surface area contributed by atoms with E-state index >= 15 is 0 Å².